The lowest BCUT2D eigenvalue weighted by Crippen LogP contribution is -2.35. The van der Waals surface area contributed by atoms with Crippen LogP contribution in [0.1, 0.15) is 5.56 Å². The van der Waals surface area contributed by atoms with Gasteiger partial charge in [0.1, 0.15) is 5.82 Å². The quantitative estimate of drug-likeness (QED) is 0.627. The lowest BCUT2D eigenvalue weighted by molar-refractivity contribution is 0.0487. The van der Waals surface area contributed by atoms with Crippen molar-refractivity contribution >= 4 is 34.3 Å². The first-order valence-electron chi connectivity index (χ1n) is 9.91. The van der Waals surface area contributed by atoms with Gasteiger partial charge in [0, 0.05) is 22.8 Å². The standard InChI is InChI=1S/C22H23ClFN3O3S/c1-12-8-15-19-20(18(12)13-4-5-17(24)16(23)9-13)31-11-14(30-7-6-26(2)3)10-27(19)22(29)25-21(15)28/h4-5,8-9,14H,6-7,10-11H2,1-3H3,(H,25,28,29)/t14-/m0/s1. The molecule has 1 aliphatic rings. The summed E-state index contributed by atoms with van der Waals surface area (Å²) in [6.45, 7) is 3.54. The Morgan fingerprint density at radius 1 is 1.32 bits per heavy atom. The van der Waals surface area contributed by atoms with Gasteiger partial charge in [-0.05, 0) is 50.3 Å². The van der Waals surface area contributed by atoms with Crippen molar-refractivity contribution in [2.75, 3.05) is 33.0 Å². The minimum absolute atomic E-state index is 0.0241. The molecular weight excluding hydrogens is 441 g/mol. The molecule has 1 aliphatic heterocycles. The van der Waals surface area contributed by atoms with Crippen molar-refractivity contribution < 1.29 is 9.13 Å². The molecule has 2 heterocycles. The van der Waals surface area contributed by atoms with Crippen LogP contribution in [0.3, 0.4) is 0 Å². The van der Waals surface area contributed by atoms with Crippen LogP contribution in [0.15, 0.2) is 38.8 Å². The summed E-state index contributed by atoms with van der Waals surface area (Å²) in [4.78, 5) is 30.6. The van der Waals surface area contributed by atoms with Crippen molar-refractivity contribution in [2.45, 2.75) is 24.5 Å². The molecule has 2 aromatic carbocycles. The Morgan fingerprint density at radius 3 is 2.81 bits per heavy atom. The van der Waals surface area contributed by atoms with Crippen LogP contribution in [-0.4, -0.2) is 53.6 Å². The fourth-order valence-electron chi connectivity index (χ4n) is 3.81. The molecule has 0 spiro atoms. The number of benzene rings is 2. The third kappa shape index (κ3) is 4.30. The highest BCUT2D eigenvalue weighted by Gasteiger charge is 2.26. The number of aryl methyl sites for hydroxylation is 1. The molecule has 1 N–H and O–H groups in total. The van der Waals surface area contributed by atoms with Crippen LogP contribution < -0.4 is 11.2 Å². The van der Waals surface area contributed by atoms with Crippen molar-refractivity contribution in [1.82, 2.24) is 14.5 Å². The topological polar surface area (TPSA) is 67.3 Å². The molecule has 31 heavy (non-hydrogen) atoms. The number of rotatable bonds is 5. The van der Waals surface area contributed by atoms with E-state index in [0.717, 1.165) is 28.1 Å². The van der Waals surface area contributed by atoms with E-state index in [1.165, 1.54) is 6.07 Å². The van der Waals surface area contributed by atoms with Gasteiger partial charge in [-0.25, -0.2) is 9.18 Å². The van der Waals surface area contributed by atoms with Gasteiger partial charge in [-0.15, -0.1) is 11.8 Å². The summed E-state index contributed by atoms with van der Waals surface area (Å²) in [6, 6.07) is 6.34. The second-order valence-corrected chi connectivity index (χ2v) is 9.34. The van der Waals surface area contributed by atoms with E-state index in [4.69, 9.17) is 16.3 Å². The van der Waals surface area contributed by atoms with E-state index in [1.54, 1.807) is 34.5 Å². The van der Waals surface area contributed by atoms with E-state index in [2.05, 4.69) is 4.98 Å². The number of halogens is 2. The predicted octanol–water partition coefficient (Wildman–Crippen LogP) is 3.51. The number of nitrogens with zero attached hydrogens (tertiary/aromatic N) is 2. The second kappa shape index (κ2) is 8.78. The normalized spacial score (nSPS) is 16.1. The number of aromatic nitrogens is 2. The molecule has 0 radical (unpaired) electrons. The van der Waals surface area contributed by atoms with Crippen molar-refractivity contribution in [1.29, 1.82) is 0 Å². The Bertz CT molecular complexity index is 1270. The Hall–Kier alpha value is -2.13. The number of ether oxygens (including phenoxy) is 1. The Balaban J connectivity index is 1.90. The first-order valence-corrected chi connectivity index (χ1v) is 11.3. The van der Waals surface area contributed by atoms with Gasteiger partial charge >= 0.3 is 5.69 Å². The summed E-state index contributed by atoms with van der Waals surface area (Å²) in [7, 11) is 3.94. The Morgan fingerprint density at radius 2 is 2.10 bits per heavy atom. The highest BCUT2D eigenvalue weighted by molar-refractivity contribution is 7.99. The fraction of sp³-hybridized carbons (Fsp3) is 0.364. The van der Waals surface area contributed by atoms with E-state index >= 15 is 0 Å². The minimum Gasteiger partial charge on any atom is -0.374 e. The lowest BCUT2D eigenvalue weighted by Gasteiger charge is -2.18. The first-order chi connectivity index (χ1) is 14.8. The minimum atomic E-state index is -0.495. The molecule has 0 unspecified atom stereocenters. The summed E-state index contributed by atoms with van der Waals surface area (Å²) < 4.78 is 21.4. The molecule has 1 aromatic heterocycles. The van der Waals surface area contributed by atoms with Crippen molar-refractivity contribution in [3.05, 3.63) is 61.5 Å². The van der Waals surface area contributed by atoms with Gasteiger partial charge in [-0.1, -0.05) is 17.7 Å². The van der Waals surface area contributed by atoms with Gasteiger partial charge < -0.3 is 9.64 Å². The maximum atomic E-state index is 13.8. The Kier molecular flexibility index (Phi) is 6.25. The molecule has 6 nitrogen and oxygen atoms in total. The molecule has 0 fully saturated rings. The van der Waals surface area contributed by atoms with Gasteiger partial charge in [0.15, 0.2) is 0 Å². The lowest BCUT2D eigenvalue weighted by atomic mass is 9.98. The molecular formula is C22H23ClFN3O3S. The van der Waals surface area contributed by atoms with Crippen LogP contribution in [0, 0.1) is 12.7 Å². The van der Waals surface area contributed by atoms with Gasteiger partial charge in [-0.3, -0.25) is 14.3 Å². The van der Waals surface area contributed by atoms with Gasteiger partial charge in [0.25, 0.3) is 5.56 Å². The maximum absolute atomic E-state index is 13.8. The van der Waals surface area contributed by atoms with Crippen molar-refractivity contribution in [3.63, 3.8) is 0 Å². The largest absolute Gasteiger partial charge is 0.374 e. The summed E-state index contributed by atoms with van der Waals surface area (Å²) in [5.74, 6) is 0.119. The van der Waals surface area contributed by atoms with Crippen LogP contribution in [0.5, 0.6) is 0 Å². The highest BCUT2D eigenvalue weighted by Crippen LogP contribution is 2.41. The van der Waals surface area contributed by atoms with Crippen LogP contribution in [0.25, 0.3) is 22.0 Å². The van der Waals surface area contributed by atoms with Crippen molar-refractivity contribution in [2.24, 2.45) is 0 Å². The third-order valence-electron chi connectivity index (χ3n) is 5.33. The summed E-state index contributed by atoms with van der Waals surface area (Å²) in [5, 5.41) is 0.474. The zero-order chi connectivity index (χ0) is 22.3. The van der Waals surface area contributed by atoms with E-state index < -0.39 is 17.1 Å². The SMILES string of the molecule is Cc1cc2c(=O)[nH]c(=O)n3c2c(c1-c1ccc(F)c(Cl)c1)SC[C@@H](OCCN(C)C)C3. The fourth-order valence-corrected chi connectivity index (χ4v) is 5.33. The number of H-pyrrole nitrogens is 1. The van der Waals surface area contributed by atoms with Gasteiger partial charge in [0.05, 0.1) is 35.2 Å². The number of hydrogen-bond acceptors (Lipinski definition) is 5. The summed E-state index contributed by atoms with van der Waals surface area (Å²) in [5.41, 5.74) is 2.12. The number of likely N-dealkylation sites (N-methyl/N-ethyl adjacent to an activating group) is 1. The van der Waals surface area contributed by atoms with Crippen LogP contribution in [0.4, 0.5) is 4.39 Å². The van der Waals surface area contributed by atoms with Gasteiger partial charge in [0.2, 0.25) is 0 Å². The Labute approximate surface area is 188 Å². The average molecular weight is 464 g/mol. The second-order valence-electron chi connectivity index (χ2n) is 7.90. The number of aromatic amines is 1. The van der Waals surface area contributed by atoms with E-state index in [1.807, 2.05) is 25.9 Å². The number of hydrogen-bond donors (Lipinski definition) is 1. The van der Waals surface area contributed by atoms with Crippen LogP contribution >= 0.6 is 23.4 Å². The third-order valence-corrected chi connectivity index (χ3v) is 6.85. The monoisotopic (exact) mass is 463 g/mol. The summed E-state index contributed by atoms with van der Waals surface area (Å²) in [6.07, 6.45) is -0.200. The average Bonchev–Trinajstić information content (AvgIpc) is 2.89. The molecule has 0 saturated carbocycles. The molecule has 0 saturated heterocycles. The van der Waals surface area contributed by atoms with E-state index in [9.17, 15) is 14.0 Å². The molecule has 1 atom stereocenters. The summed E-state index contributed by atoms with van der Waals surface area (Å²) >= 11 is 7.59. The number of nitrogens with one attached hydrogen (secondary N) is 1. The molecule has 9 heteroatoms. The zero-order valence-corrected chi connectivity index (χ0v) is 19.1. The molecule has 0 bridgehead atoms. The zero-order valence-electron chi connectivity index (χ0n) is 17.5. The molecule has 4 rings (SSSR count). The van der Waals surface area contributed by atoms with Crippen molar-refractivity contribution in [3.8, 4) is 11.1 Å². The van der Waals surface area contributed by atoms with Gasteiger partial charge in [-0.2, -0.15) is 0 Å². The highest BCUT2D eigenvalue weighted by atomic mass is 35.5. The number of thioether (sulfide) groups is 1. The van der Waals surface area contributed by atoms with E-state index in [-0.39, 0.29) is 11.1 Å². The van der Waals surface area contributed by atoms with Crippen LogP contribution in [-0.2, 0) is 11.3 Å². The van der Waals surface area contributed by atoms with Crippen LogP contribution in [0.2, 0.25) is 5.02 Å². The molecule has 164 valence electrons. The molecule has 0 amide bonds. The molecule has 3 aromatic rings. The smallest absolute Gasteiger partial charge is 0.328 e. The predicted molar refractivity (Wildman–Crippen MR) is 123 cm³/mol. The maximum Gasteiger partial charge on any atom is 0.328 e. The molecule has 0 aliphatic carbocycles. The van der Waals surface area contributed by atoms with E-state index in [0.29, 0.717) is 29.8 Å². The first kappa shape index (κ1) is 22.1.